The molecule has 0 radical (unpaired) electrons. The average molecular weight is 368 g/mol. The third kappa shape index (κ3) is 4.94. The molecule has 1 amide bonds. The van der Waals surface area contributed by atoms with E-state index in [-0.39, 0.29) is 11.4 Å². The summed E-state index contributed by atoms with van der Waals surface area (Å²) in [4.78, 5) is 21.9. The number of nitro groups is 1. The molecule has 0 saturated carbocycles. The zero-order valence-electron chi connectivity index (χ0n) is 12.1. The normalized spacial score (nSPS) is 10.6. The molecule has 0 bridgehead atoms. The second kappa shape index (κ2) is 8.28. The predicted molar refractivity (Wildman–Crippen MR) is 90.8 cm³/mol. The number of hydrazone groups is 1. The summed E-state index contributed by atoms with van der Waals surface area (Å²) in [6.07, 6.45) is 1.35. The van der Waals surface area contributed by atoms with Gasteiger partial charge in [0.05, 0.1) is 16.2 Å². The van der Waals surface area contributed by atoms with Crippen molar-refractivity contribution in [2.24, 2.45) is 5.10 Å². The summed E-state index contributed by atoms with van der Waals surface area (Å²) in [5.41, 5.74) is 2.59. The highest BCUT2D eigenvalue weighted by atomic mass is 35.5. The van der Waals surface area contributed by atoms with Crippen LogP contribution in [0.15, 0.2) is 47.6 Å². The van der Waals surface area contributed by atoms with Crippen LogP contribution in [0, 0.1) is 10.1 Å². The minimum atomic E-state index is -0.589. The number of para-hydroxylation sites is 2. The van der Waals surface area contributed by atoms with Gasteiger partial charge in [-0.15, -0.1) is 0 Å². The molecule has 1 N–H and O–H groups in total. The van der Waals surface area contributed by atoms with E-state index >= 15 is 0 Å². The van der Waals surface area contributed by atoms with E-state index in [9.17, 15) is 14.9 Å². The van der Waals surface area contributed by atoms with Crippen LogP contribution in [0.4, 0.5) is 5.69 Å². The molecule has 2 aromatic carbocycles. The van der Waals surface area contributed by atoms with Crippen molar-refractivity contribution in [3.05, 3.63) is 68.2 Å². The monoisotopic (exact) mass is 367 g/mol. The van der Waals surface area contributed by atoms with E-state index in [1.807, 2.05) is 0 Å². The van der Waals surface area contributed by atoms with Crippen molar-refractivity contribution in [1.82, 2.24) is 5.43 Å². The van der Waals surface area contributed by atoms with Crippen LogP contribution >= 0.6 is 23.2 Å². The Balaban J connectivity index is 1.90. The van der Waals surface area contributed by atoms with Gasteiger partial charge in [-0.05, 0) is 18.2 Å². The van der Waals surface area contributed by atoms with Crippen molar-refractivity contribution in [1.29, 1.82) is 0 Å². The fourth-order valence-corrected chi connectivity index (χ4v) is 2.14. The lowest BCUT2D eigenvalue weighted by atomic mass is 10.2. The second-order valence-electron chi connectivity index (χ2n) is 4.47. The second-order valence-corrected chi connectivity index (χ2v) is 5.32. The maximum atomic E-state index is 11.7. The minimum Gasteiger partial charge on any atom is -0.477 e. The number of ether oxygens (including phenoxy) is 1. The maximum Gasteiger partial charge on any atom is 0.310 e. The third-order valence-electron chi connectivity index (χ3n) is 2.78. The van der Waals surface area contributed by atoms with E-state index in [4.69, 9.17) is 27.9 Å². The number of benzene rings is 2. The average Bonchev–Trinajstić information content (AvgIpc) is 2.55. The molecule has 0 aliphatic rings. The smallest absolute Gasteiger partial charge is 0.310 e. The first kappa shape index (κ1) is 17.7. The lowest BCUT2D eigenvalue weighted by Crippen LogP contribution is -2.24. The van der Waals surface area contributed by atoms with E-state index in [0.29, 0.717) is 15.6 Å². The van der Waals surface area contributed by atoms with Gasteiger partial charge in [0.25, 0.3) is 5.91 Å². The van der Waals surface area contributed by atoms with E-state index in [1.165, 1.54) is 24.4 Å². The molecule has 0 aromatic heterocycles. The van der Waals surface area contributed by atoms with Crippen molar-refractivity contribution in [3.63, 3.8) is 0 Å². The third-order valence-corrected chi connectivity index (χ3v) is 3.34. The van der Waals surface area contributed by atoms with E-state index in [1.54, 1.807) is 24.3 Å². The van der Waals surface area contributed by atoms with Gasteiger partial charge in [-0.2, -0.15) is 5.10 Å². The first-order valence-electron chi connectivity index (χ1n) is 6.60. The van der Waals surface area contributed by atoms with Crippen molar-refractivity contribution < 1.29 is 14.5 Å². The standard InChI is InChI=1S/C15H11Cl2N3O4/c16-11-6-5-10(12(17)7-11)8-18-19-15(21)9-24-14-4-2-1-3-13(14)20(22)23/h1-8H,9H2,(H,19,21). The topological polar surface area (TPSA) is 93.8 Å². The lowest BCUT2D eigenvalue weighted by Gasteiger charge is -2.05. The maximum absolute atomic E-state index is 11.7. The van der Waals surface area contributed by atoms with E-state index in [0.717, 1.165) is 0 Å². The number of carbonyl (C=O) groups excluding carboxylic acids is 1. The number of nitro benzene ring substituents is 1. The van der Waals surface area contributed by atoms with Crippen LogP contribution in [0.3, 0.4) is 0 Å². The van der Waals surface area contributed by atoms with Crippen molar-refractivity contribution in [3.8, 4) is 5.75 Å². The molecule has 2 rings (SSSR count). The summed E-state index contributed by atoms with van der Waals surface area (Å²) < 4.78 is 5.13. The lowest BCUT2D eigenvalue weighted by molar-refractivity contribution is -0.385. The van der Waals surface area contributed by atoms with Crippen LogP contribution in [0.25, 0.3) is 0 Å². The highest BCUT2D eigenvalue weighted by Gasteiger charge is 2.14. The molecule has 9 heteroatoms. The molecule has 0 atom stereocenters. The molecule has 7 nitrogen and oxygen atoms in total. The first-order chi connectivity index (χ1) is 11.5. The predicted octanol–water partition coefficient (Wildman–Crippen LogP) is 3.43. The number of carbonyl (C=O) groups is 1. The molecule has 0 saturated heterocycles. The van der Waals surface area contributed by atoms with Crippen molar-refractivity contribution >= 4 is 41.0 Å². The minimum absolute atomic E-state index is 0.00220. The van der Waals surface area contributed by atoms with Crippen LogP contribution in [0.1, 0.15) is 5.56 Å². The highest BCUT2D eigenvalue weighted by Crippen LogP contribution is 2.25. The molecular formula is C15H11Cl2N3O4. The highest BCUT2D eigenvalue weighted by molar-refractivity contribution is 6.36. The zero-order chi connectivity index (χ0) is 17.5. The number of hydrogen-bond acceptors (Lipinski definition) is 5. The van der Waals surface area contributed by atoms with Crippen LogP contribution in [0.5, 0.6) is 5.75 Å². The number of halogens is 2. The molecular weight excluding hydrogens is 357 g/mol. The Kier molecular flexibility index (Phi) is 6.11. The summed E-state index contributed by atoms with van der Waals surface area (Å²) in [5, 5.41) is 15.4. The number of nitrogens with zero attached hydrogens (tertiary/aromatic N) is 2. The van der Waals surface area contributed by atoms with Gasteiger partial charge in [0, 0.05) is 16.7 Å². The molecule has 0 unspecified atom stereocenters. The van der Waals surface area contributed by atoms with Crippen LogP contribution in [-0.2, 0) is 4.79 Å². The Morgan fingerprint density at radius 1 is 1.29 bits per heavy atom. The number of hydrogen-bond donors (Lipinski definition) is 1. The summed E-state index contributed by atoms with van der Waals surface area (Å²) in [7, 11) is 0. The molecule has 0 fully saturated rings. The zero-order valence-corrected chi connectivity index (χ0v) is 13.6. The van der Waals surface area contributed by atoms with Gasteiger partial charge in [0.2, 0.25) is 0 Å². The van der Waals surface area contributed by atoms with Crippen molar-refractivity contribution in [2.45, 2.75) is 0 Å². The summed E-state index contributed by atoms with van der Waals surface area (Å²) in [6.45, 7) is -0.420. The van der Waals surface area contributed by atoms with Gasteiger partial charge in [0.1, 0.15) is 0 Å². The molecule has 124 valence electrons. The molecule has 0 spiro atoms. The fraction of sp³-hybridized carbons (Fsp3) is 0.0667. The fourth-order valence-electron chi connectivity index (χ4n) is 1.69. The molecule has 0 aliphatic carbocycles. The molecule has 0 heterocycles. The summed E-state index contributed by atoms with van der Waals surface area (Å²) >= 11 is 11.7. The number of amides is 1. The SMILES string of the molecule is O=C(COc1ccccc1[N+](=O)[O-])NN=Cc1ccc(Cl)cc1Cl. The Hall–Kier alpha value is -2.64. The van der Waals surface area contributed by atoms with Gasteiger partial charge >= 0.3 is 5.69 Å². The van der Waals surface area contributed by atoms with Gasteiger partial charge in [-0.3, -0.25) is 14.9 Å². The number of rotatable bonds is 6. The molecule has 2 aromatic rings. The summed E-state index contributed by atoms with van der Waals surface area (Å²) in [5.74, 6) is -0.572. The van der Waals surface area contributed by atoms with Crippen LogP contribution in [0.2, 0.25) is 10.0 Å². The molecule has 0 aliphatic heterocycles. The summed E-state index contributed by atoms with van der Waals surface area (Å²) in [6, 6.07) is 10.6. The van der Waals surface area contributed by atoms with Gasteiger partial charge in [0.15, 0.2) is 12.4 Å². The van der Waals surface area contributed by atoms with E-state index < -0.39 is 17.4 Å². The van der Waals surface area contributed by atoms with Crippen molar-refractivity contribution in [2.75, 3.05) is 6.61 Å². The Labute approximate surface area is 147 Å². The van der Waals surface area contributed by atoms with E-state index in [2.05, 4.69) is 10.5 Å². The quantitative estimate of drug-likeness (QED) is 0.480. The first-order valence-corrected chi connectivity index (χ1v) is 7.36. The molecule has 24 heavy (non-hydrogen) atoms. The van der Waals surface area contributed by atoms with Gasteiger partial charge in [-0.1, -0.05) is 41.4 Å². The van der Waals surface area contributed by atoms with Crippen LogP contribution < -0.4 is 10.2 Å². The van der Waals surface area contributed by atoms with Gasteiger partial charge < -0.3 is 4.74 Å². The van der Waals surface area contributed by atoms with Gasteiger partial charge in [-0.25, -0.2) is 5.43 Å². The Morgan fingerprint density at radius 3 is 2.75 bits per heavy atom. The Morgan fingerprint density at radius 2 is 2.04 bits per heavy atom. The Bertz CT molecular complexity index is 796. The number of nitrogens with one attached hydrogen (secondary N) is 1. The van der Waals surface area contributed by atoms with Crippen LogP contribution in [-0.4, -0.2) is 23.7 Å². The largest absolute Gasteiger partial charge is 0.477 e.